The van der Waals surface area contributed by atoms with Crippen molar-refractivity contribution in [3.05, 3.63) is 90.0 Å². The number of ether oxygens (including phenoxy) is 1. The van der Waals surface area contributed by atoms with E-state index in [0.717, 1.165) is 23.1 Å². The molecule has 3 rings (SSSR count). The quantitative estimate of drug-likeness (QED) is 0.366. The van der Waals surface area contributed by atoms with Crippen LogP contribution in [0.15, 0.2) is 78.9 Å². The smallest absolute Gasteiger partial charge is 0.262 e. The van der Waals surface area contributed by atoms with Crippen molar-refractivity contribution < 1.29 is 18.3 Å². The van der Waals surface area contributed by atoms with Crippen molar-refractivity contribution in [3.8, 4) is 11.1 Å². The molecule has 3 aromatic rings. The molecule has 0 saturated heterocycles. The maximum absolute atomic E-state index is 12.3. The summed E-state index contributed by atoms with van der Waals surface area (Å²) in [6, 6.07) is 24.5. The average molecular weight is 439 g/mol. The van der Waals surface area contributed by atoms with Crippen LogP contribution in [0, 0.1) is 0 Å². The second-order valence-electron chi connectivity index (χ2n) is 6.98. The summed E-state index contributed by atoms with van der Waals surface area (Å²) in [5, 5.41) is 2.85. The normalized spacial score (nSPS) is 11.7. The van der Waals surface area contributed by atoms with E-state index >= 15 is 0 Å². The second kappa shape index (κ2) is 11.4. The highest BCUT2D eigenvalue weighted by Gasteiger charge is 2.15. The van der Waals surface area contributed by atoms with E-state index in [9.17, 15) is 13.6 Å². The van der Waals surface area contributed by atoms with Gasteiger partial charge in [0.15, 0.2) is 0 Å². The summed E-state index contributed by atoms with van der Waals surface area (Å²) in [6.07, 6.45) is 0.734. The molecule has 2 N–H and O–H groups in total. The molecule has 6 nitrogen and oxygen atoms in total. The van der Waals surface area contributed by atoms with Gasteiger partial charge >= 0.3 is 0 Å². The third kappa shape index (κ3) is 6.49. The third-order valence-electron chi connectivity index (χ3n) is 4.78. The van der Waals surface area contributed by atoms with E-state index in [1.807, 2.05) is 60.7 Å². The van der Waals surface area contributed by atoms with Gasteiger partial charge in [0.1, 0.15) is 0 Å². The Morgan fingerprint density at radius 1 is 1.00 bits per heavy atom. The maximum Gasteiger partial charge on any atom is 0.262 e. The van der Waals surface area contributed by atoms with Crippen LogP contribution < -0.4 is 9.62 Å². The first-order valence-corrected chi connectivity index (χ1v) is 11.0. The summed E-state index contributed by atoms with van der Waals surface area (Å²) >= 11 is -2.21. The van der Waals surface area contributed by atoms with Gasteiger partial charge in [0.2, 0.25) is 0 Å². The van der Waals surface area contributed by atoms with Crippen LogP contribution >= 0.6 is 0 Å². The third-order valence-corrected chi connectivity index (χ3v) is 5.49. The minimum atomic E-state index is -2.21. The number of nitrogens with one attached hydrogen (secondary N) is 1. The number of anilines is 1. The molecule has 3 aromatic carbocycles. The topological polar surface area (TPSA) is 78.9 Å². The van der Waals surface area contributed by atoms with E-state index in [4.69, 9.17) is 4.74 Å². The lowest BCUT2D eigenvalue weighted by atomic mass is 10.1. The van der Waals surface area contributed by atoms with Gasteiger partial charge in [-0.05, 0) is 47.4 Å². The number of hydrogen-bond acceptors (Lipinski definition) is 3. The molecule has 0 bridgehead atoms. The van der Waals surface area contributed by atoms with E-state index in [2.05, 4.69) is 5.32 Å². The fourth-order valence-electron chi connectivity index (χ4n) is 3.18. The number of rotatable bonds is 10. The van der Waals surface area contributed by atoms with Crippen LogP contribution in [0.3, 0.4) is 0 Å². The van der Waals surface area contributed by atoms with Gasteiger partial charge in [0.25, 0.3) is 17.2 Å². The Morgan fingerprint density at radius 3 is 2.39 bits per heavy atom. The summed E-state index contributed by atoms with van der Waals surface area (Å²) in [5.74, 6) is -0.179. The zero-order valence-corrected chi connectivity index (χ0v) is 18.2. The zero-order chi connectivity index (χ0) is 22.1. The number of hydrogen-bond donors (Lipinski definition) is 2. The van der Waals surface area contributed by atoms with E-state index in [1.165, 1.54) is 4.31 Å². The molecule has 0 heterocycles. The molecule has 1 amide bonds. The molecule has 0 aliphatic heterocycles. The maximum atomic E-state index is 12.3. The minimum Gasteiger partial charge on any atom is -0.385 e. The summed E-state index contributed by atoms with van der Waals surface area (Å²) in [7, 11) is 1.62. The first-order valence-electron chi connectivity index (χ1n) is 9.98. The monoisotopic (exact) mass is 438 g/mol. The fourth-order valence-corrected chi connectivity index (χ4v) is 3.75. The highest BCUT2D eigenvalue weighted by atomic mass is 32.2. The average Bonchev–Trinajstić information content (AvgIpc) is 2.81. The lowest BCUT2D eigenvalue weighted by Crippen LogP contribution is -2.26. The molecule has 0 saturated carbocycles. The van der Waals surface area contributed by atoms with Crippen LogP contribution in [0.4, 0.5) is 5.69 Å². The lowest BCUT2D eigenvalue weighted by molar-refractivity contribution is 0.0948. The van der Waals surface area contributed by atoms with E-state index in [-0.39, 0.29) is 12.5 Å². The largest absolute Gasteiger partial charge is 0.385 e. The van der Waals surface area contributed by atoms with Gasteiger partial charge in [-0.1, -0.05) is 54.6 Å². The lowest BCUT2D eigenvalue weighted by Gasteiger charge is -2.21. The predicted molar refractivity (Wildman–Crippen MR) is 124 cm³/mol. The van der Waals surface area contributed by atoms with E-state index in [1.54, 1.807) is 25.3 Å². The zero-order valence-electron chi connectivity index (χ0n) is 17.4. The van der Waals surface area contributed by atoms with Crippen molar-refractivity contribution in [2.24, 2.45) is 0 Å². The molecule has 1 unspecified atom stereocenters. The van der Waals surface area contributed by atoms with Crippen molar-refractivity contribution in [2.75, 3.05) is 24.6 Å². The number of benzene rings is 3. The van der Waals surface area contributed by atoms with Crippen molar-refractivity contribution in [1.29, 1.82) is 0 Å². The molecular weight excluding hydrogens is 412 g/mol. The Kier molecular flexibility index (Phi) is 8.35. The Hall–Kier alpha value is -3.00. The van der Waals surface area contributed by atoms with Crippen LogP contribution in [-0.4, -0.2) is 34.9 Å². The van der Waals surface area contributed by atoms with Crippen LogP contribution in [0.2, 0.25) is 0 Å². The predicted octanol–water partition coefficient (Wildman–Crippen LogP) is 4.26. The molecule has 7 heteroatoms. The molecule has 0 aromatic heterocycles. The van der Waals surface area contributed by atoms with Crippen LogP contribution in [0.1, 0.15) is 22.3 Å². The number of nitrogens with zero attached hydrogens (tertiary/aromatic N) is 1. The number of methoxy groups -OCH3 is 1. The van der Waals surface area contributed by atoms with Crippen molar-refractivity contribution in [2.45, 2.75) is 13.0 Å². The molecule has 162 valence electrons. The summed E-state index contributed by atoms with van der Waals surface area (Å²) in [4.78, 5) is 12.3. The standard InChI is InChI=1S/C24H26N2O4S/c1-30-16-6-15-25-24(27)22-10-5-7-19(17-22)18-26(31(28)29)23-13-11-21(12-14-23)20-8-3-2-4-9-20/h2-5,7-14,17H,6,15-16,18H2,1H3,(H,25,27)(H,28,29). The summed E-state index contributed by atoms with van der Waals surface area (Å²) in [6.45, 7) is 1.30. The Balaban J connectivity index is 1.72. The molecule has 0 fully saturated rings. The first kappa shape index (κ1) is 22.7. The summed E-state index contributed by atoms with van der Waals surface area (Å²) < 4.78 is 28.3. The Labute approximate surface area is 185 Å². The van der Waals surface area contributed by atoms with Crippen molar-refractivity contribution in [3.63, 3.8) is 0 Å². The van der Waals surface area contributed by atoms with Crippen LogP contribution in [-0.2, 0) is 22.5 Å². The van der Waals surface area contributed by atoms with Crippen molar-refractivity contribution in [1.82, 2.24) is 5.32 Å². The highest BCUT2D eigenvalue weighted by Crippen LogP contribution is 2.25. The SMILES string of the molecule is COCCCNC(=O)c1cccc(CN(c2ccc(-c3ccccc3)cc2)S(=O)O)c1. The van der Waals surface area contributed by atoms with Crippen molar-refractivity contribution >= 4 is 22.9 Å². The van der Waals surface area contributed by atoms with Crippen LogP contribution in [0.5, 0.6) is 0 Å². The highest BCUT2D eigenvalue weighted by molar-refractivity contribution is 7.80. The molecular formula is C24H26N2O4S. The van der Waals surface area contributed by atoms with Gasteiger partial charge in [-0.25, -0.2) is 4.21 Å². The number of carbonyl (C=O) groups excluding carboxylic acids is 1. The number of amides is 1. The second-order valence-corrected chi connectivity index (χ2v) is 7.89. The van der Waals surface area contributed by atoms with E-state index < -0.39 is 11.3 Å². The Morgan fingerprint density at radius 2 is 1.71 bits per heavy atom. The molecule has 1 atom stereocenters. The Bertz CT molecular complexity index is 1010. The van der Waals surface area contributed by atoms with Gasteiger partial charge in [-0.15, -0.1) is 0 Å². The molecule has 0 radical (unpaired) electrons. The molecule has 0 aliphatic carbocycles. The first-order chi connectivity index (χ1) is 15.1. The van der Waals surface area contributed by atoms with Gasteiger partial charge < -0.3 is 10.1 Å². The van der Waals surface area contributed by atoms with Gasteiger partial charge in [-0.3, -0.25) is 13.7 Å². The van der Waals surface area contributed by atoms with Gasteiger partial charge in [0, 0.05) is 25.8 Å². The molecule has 0 aliphatic rings. The van der Waals surface area contributed by atoms with Gasteiger partial charge in [0.05, 0.1) is 12.2 Å². The molecule has 0 spiro atoms. The fraction of sp³-hybridized carbons (Fsp3) is 0.208. The van der Waals surface area contributed by atoms with Gasteiger partial charge in [-0.2, -0.15) is 0 Å². The summed E-state index contributed by atoms with van der Waals surface area (Å²) in [5.41, 5.74) is 4.00. The van der Waals surface area contributed by atoms with Crippen LogP contribution in [0.25, 0.3) is 11.1 Å². The minimum absolute atomic E-state index is 0.179. The van der Waals surface area contributed by atoms with E-state index in [0.29, 0.717) is 24.4 Å². The number of carbonyl (C=O) groups is 1. The molecule has 31 heavy (non-hydrogen) atoms.